The maximum Gasteiger partial charge on any atom is 0.416 e. The van der Waals surface area contributed by atoms with Gasteiger partial charge in [-0.3, -0.25) is 0 Å². The van der Waals surface area contributed by atoms with Gasteiger partial charge in [0.15, 0.2) is 0 Å². The number of nitrogens with zero attached hydrogens (tertiary/aromatic N) is 2. The molecular weight excluding hydrogens is 537 g/mol. The molecule has 0 saturated carbocycles. The van der Waals surface area contributed by atoms with E-state index in [1.54, 1.807) is 9.80 Å². The number of fused-ring (bicyclic) bond motifs is 3. The lowest BCUT2D eigenvalue weighted by Crippen LogP contribution is -2.54. The summed E-state index contributed by atoms with van der Waals surface area (Å²) < 4.78 is 52.6. The standard InChI is InChI=1S/C30H37F3N4O4/c1-29(2,3)41-28(39)37-15-13-36(14-16-37)27(38)34-18-21-10-11-22-25(19-7-5-4-6-8-19)35-24-12-9-20(30(31,32)33)17-23(24)26(22)40-21/h4-9,12,17,21-22,25-26,35H,10-11,13-16,18H2,1-3H3,(H,34,38)/t21-,22+,25+,26+/m1/s1. The van der Waals surface area contributed by atoms with Gasteiger partial charge in [0.05, 0.1) is 23.8 Å². The highest BCUT2D eigenvalue weighted by Crippen LogP contribution is 2.51. The van der Waals surface area contributed by atoms with Crippen LogP contribution >= 0.6 is 0 Å². The van der Waals surface area contributed by atoms with E-state index in [0.717, 1.165) is 18.1 Å². The van der Waals surface area contributed by atoms with E-state index in [1.165, 1.54) is 12.1 Å². The Morgan fingerprint density at radius 2 is 1.68 bits per heavy atom. The van der Waals surface area contributed by atoms with Gasteiger partial charge < -0.3 is 29.9 Å². The Morgan fingerprint density at radius 1 is 1.00 bits per heavy atom. The Hall–Kier alpha value is -3.47. The highest BCUT2D eigenvalue weighted by atomic mass is 19.4. The predicted octanol–water partition coefficient (Wildman–Crippen LogP) is 5.97. The van der Waals surface area contributed by atoms with E-state index in [0.29, 0.717) is 43.9 Å². The number of hydrogen-bond donors (Lipinski definition) is 2. The monoisotopic (exact) mass is 574 g/mol. The lowest BCUT2D eigenvalue weighted by Gasteiger charge is -2.46. The van der Waals surface area contributed by atoms with Gasteiger partial charge in [0.25, 0.3) is 0 Å². The Bertz CT molecular complexity index is 1240. The van der Waals surface area contributed by atoms with E-state index in [4.69, 9.17) is 9.47 Å². The molecule has 2 saturated heterocycles. The maximum atomic E-state index is 13.6. The Kier molecular flexibility index (Phi) is 8.09. The molecule has 8 nitrogen and oxygen atoms in total. The minimum atomic E-state index is -4.46. The summed E-state index contributed by atoms with van der Waals surface area (Å²) in [5.74, 6) is -0.0683. The van der Waals surface area contributed by atoms with Crippen molar-refractivity contribution >= 4 is 17.8 Å². The number of amides is 3. The Morgan fingerprint density at radius 3 is 2.34 bits per heavy atom. The average Bonchev–Trinajstić information content (AvgIpc) is 2.94. The summed E-state index contributed by atoms with van der Waals surface area (Å²) in [7, 11) is 0. The molecule has 0 spiro atoms. The van der Waals surface area contributed by atoms with Crippen LogP contribution in [0.3, 0.4) is 0 Å². The summed E-state index contributed by atoms with van der Waals surface area (Å²) in [6, 6.07) is 13.2. The largest absolute Gasteiger partial charge is 0.444 e. The number of halogens is 3. The molecule has 2 aromatic carbocycles. The molecular formula is C30H37F3N4O4. The molecule has 0 bridgehead atoms. The number of hydrogen-bond acceptors (Lipinski definition) is 5. The third kappa shape index (κ3) is 6.72. The average molecular weight is 575 g/mol. The molecule has 3 heterocycles. The maximum absolute atomic E-state index is 13.6. The number of nitrogens with one attached hydrogen (secondary N) is 2. The third-order valence-corrected chi connectivity index (χ3v) is 7.83. The molecule has 11 heteroatoms. The number of rotatable bonds is 3. The first-order valence-corrected chi connectivity index (χ1v) is 14.1. The highest BCUT2D eigenvalue weighted by molar-refractivity contribution is 5.75. The van der Waals surface area contributed by atoms with Crippen molar-refractivity contribution in [2.75, 3.05) is 38.0 Å². The van der Waals surface area contributed by atoms with Gasteiger partial charge in [-0.05, 0) is 57.4 Å². The Labute approximate surface area is 238 Å². The van der Waals surface area contributed by atoms with Gasteiger partial charge in [-0.2, -0.15) is 13.2 Å². The van der Waals surface area contributed by atoms with Crippen molar-refractivity contribution < 1.29 is 32.2 Å². The number of anilines is 1. The molecule has 2 fully saturated rings. The summed E-state index contributed by atoms with van der Waals surface area (Å²) in [6.45, 7) is 7.16. The summed E-state index contributed by atoms with van der Waals surface area (Å²) in [5, 5.41) is 6.40. The van der Waals surface area contributed by atoms with Gasteiger partial charge in [0, 0.05) is 49.9 Å². The Balaban J connectivity index is 1.23. The lowest BCUT2D eigenvalue weighted by atomic mass is 9.76. The van der Waals surface area contributed by atoms with Crippen LogP contribution in [0.15, 0.2) is 48.5 Å². The van der Waals surface area contributed by atoms with Crippen molar-refractivity contribution in [3.05, 3.63) is 65.2 Å². The minimum Gasteiger partial charge on any atom is -0.444 e. The zero-order chi connectivity index (χ0) is 29.4. The number of carbonyl (C=O) groups is 2. The van der Waals surface area contributed by atoms with Crippen molar-refractivity contribution in [3.63, 3.8) is 0 Å². The third-order valence-electron chi connectivity index (χ3n) is 7.83. The number of carbonyl (C=O) groups excluding carboxylic acids is 2. The zero-order valence-electron chi connectivity index (χ0n) is 23.5. The van der Waals surface area contributed by atoms with Gasteiger partial charge in [-0.25, -0.2) is 9.59 Å². The summed E-state index contributed by atoms with van der Waals surface area (Å²) in [4.78, 5) is 28.5. The quantitative estimate of drug-likeness (QED) is 0.472. The van der Waals surface area contributed by atoms with E-state index >= 15 is 0 Å². The number of urea groups is 1. The van der Waals surface area contributed by atoms with Crippen LogP contribution in [0, 0.1) is 5.92 Å². The summed E-state index contributed by atoms with van der Waals surface area (Å²) >= 11 is 0. The molecule has 3 aliphatic heterocycles. The zero-order valence-corrected chi connectivity index (χ0v) is 23.5. The highest BCUT2D eigenvalue weighted by Gasteiger charge is 2.43. The summed E-state index contributed by atoms with van der Waals surface area (Å²) in [5.41, 5.74) is 0.870. The first kappa shape index (κ1) is 29.0. The molecule has 2 N–H and O–H groups in total. The van der Waals surface area contributed by atoms with Crippen molar-refractivity contribution in [1.82, 2.24) is 15.1 Å². The first-order valence-electron chi connectivity index (χ1n) is 14.1. The normalized spacial score (nSPS) is 24.5. The molecule has 3 aliphatic rings. The van der Waals surface area contributed by atoms with Crippen LogP contribution in [0.25, 0.3) is 0 Å². The van der Waals surface area contributed by atoms with Gasteiger partial charge in [0.1, 0.15) is 5.60 Å². The van der Waals surface area contributed by atoms with Crippen LogP contribution < -0.4 is 10.6 Å². The molecule has 41 heavy (non-hydrogen) atoms. The van der Waals surface area contributed by atoms with Crippen molar-refractivity contribution in [1.29, 1.82) is 0 Å². The molecule has 3 amide bonds. The van der Waals surface area contributed by atoms with Crippen LogP contribution in [-0.4, -0.2) is 66.4 Å². The minimum absolute atomic E-state index is 0.0683. The van der Waals surface area contributed by atoms with Crippen molar-refractivity contribution in [2.45, 2.75) is 63.6 Å². The van der Waals surface area contributed by atoms with Gasteiger partial charge in [-0.1, -0.05) is 30.3 Å². The predicted molar refractivity (Wildman–Crippen MR) is 147 cm³/mol. The molecule has 0 aromatic heterocycles. The topological polar surface area (TPSA) is 83.1 Å². The molecule has 0 unspecified atom stereocenters. The second-order valence-corrected chi connectivity index (χ2v) is 11.9. The molecule has 222 valence electrons. The van der Waals surface area contributed by atoms with Crippen LogP contribution in [0.1, 0.15) is 62.4 Å². The second kappa shape index (κ2) is 11.4. The molecule has 0 radical (unpaired) electrons. The van der Waals surface area contributed by atoms with E-state index in [2.05, 4.69) is 10.6 Å². The molecule has 4 atom stereocenters. The first-order chi connectivity index (χ1) is 19.4. The number of alkyl halides is 3. The van der Waals surface area contributed by atoms with E-state index in [-0.39, 0.29) is 30.6 Å². The van der Waals surface area contributed by atoms with Gasteiger partial charge >= 0.3 is 18.3 Å². The van der Waals surface area contributed by atoms with E-state index < -0.39 is 29.5 Å². The lowest BCUT2D eigenvalue weighted by molar-refractivity contribution is -0.138. The fourth-order valence-electron chi connectivity index (χ4n) is 5.80. The van der Waals surface area contributed by atoms with Crippen LogP contribution in [-0.2, 0) is 15.7 Å². The van der Waals surface area contributed by atoms with E-state index in [9.17, 15) is 22.8 Å². The summed E-state index contributed by atoms with van der Waals surface area (Å²) in [6.07, 6.45) is -4.37. The number of benzene rings is 2. The molecule has 5 rings (SSSR count). The van der Waals surface area contributed by atoms with Crippen LogP contribution in [0.2, 0.25) is 0 Å². The van der Waals surface area contributed by atoms with Gasteiger partial charge in [0.2, 0.25) is 0 Å². The number of ether oxygens (including phenoxy) is 2. The second-order valence-electron chi connectivity index (χ2n) is 11.9. The molecule has 0 aliphatic carbocycles. The fraction of sp³-hybridized carbons (Fsp3) is 0.533. The van der Waals surface area contributed by atoms with Crippen LogP contribution in [0.4, 0.5) is 28.4 Å². The number of piperazine rings is 1. The van der Waals surface area contributed by atoms with Crippen molar-refractivity contribution in [3.8, 4) is 0 Å². The molecule has 2 aromatic rings. The van der Waals surface area contributed by atoms with Crippen molar-refractivity contribution in [2.24, 2.45) is 5.92 Å². The SMILES string of the molecule is CC(C)(C)OC(=O)N1CCN(C(=O)NC[C@H]2CC[C@@H]3[C@H](O2)c2cc(C(F)(F)F)ccc2N[C@H]3c2ccccc2)CC1. The van der Waals surface area contributed by atoms with E-state index in [1.807, 2.05) is 51.1 Å². The van der Waals surface area contributed by atoms with Gasteiger partial charge in [-0.15, -0.1) is 0 Å². The van der Waals surface area contributed by atoms with Crippen LogP contribution in [0.5, 0.6) is 0 Å². The smallest absolute Gasteiger partial charge is 0.416 e. The fourth-order valence-corrected chi connectivity index (χ4v) is 5.80.